The SMILES string of the molecule is CCOC(=O)C1=C(C)N=c2sc(=Cc3ccc(Cl)cc3)c(=O)n2C1c1ccco1. The van der Waals surface area contributed by atoms with Crippen molar-refractivity contribution in [3.8, 4) is 0 Å². The summed E-state index contributed by atoms with van der Waals surface area (Å²) in [4.78, 5) is 30.9. The van der Waals surface area contributed by atoms with Gasteiger partial charge in [0.1, 0.15) is 11.8 Å². The Morgan fingerprint density at radius 1 is 1.34 bits per heavy atom. The van der Waals surface area contributed by atoms with Crippen LogP contribution in [0.2, 0.25) is 5.02 Å². The molecule has 0 saturated carbocycles. The number of fused-ring (bicyclic) bond motifs is 1. The van der Waals surface area contributed by atoms with Gasteiger partial charge in [-0.15, -0.1) is 0 Å². The molecule has 1 aromatic carbocycles. The minimum absolute atomic E-state index is 0.224. The third-order valence-corrected chi connectivity index (χ3v) is 5.73. The van der Waals surface area contributed by atoms with Crippen LogP contribution in [0.3, 0.4) is 0 Å². The van der Waals surface area contributed by atoms with Gasteiger partial charge in [-0.05, 0) is 49.8 Å². The number of hydrogen-bond acceptors (Lipinski definition) is 6. The highest BCUT2D eigenvalue weighted by Crippen LogP contribution is 2.30. The lowest BCUT2D eigenvalue weighted by Gasteiger charge is -2.22. The van der Waals surface area contributed by atoms with E-state index in [1.165, 1.54) is 22.2 Å². The summed E-state index contributed by atoms with van der Waals surface area (Å²) in [6.45, 7) is 3.69. The molecule has 1 unspecified atom stereocenters. The molecule has 148 valence electrons. The van der Waals surface area contributed by atoms with Crippen molar-refractivity contribution in [1.29, 1.82) is 0 Å². The molecule has 8 heteroatoms. The molecular weight excluding hydrogens is 412 g/mol. The number of ether oxygens (including phenoxy) is 1. The van der Waals surface area contributed by atoms with Gasteiger partial charge in [-0.25, -0.2) is 9.79 Å². The molecule has 0 amide bonds. The standard InChI is InChI=1S/C21H17ClN2O4S/c1-3-27-20(26)17-12(2)23-21-24(18(17)15-5-4-10-28-15)19(25)16(29-21)11-13-6-8-14(22)9-7-13/h4-11,18H,3H2,1-2H3. The Morgan fingerprint density at radius 3 is 2.76 bits per heavy atom. The number of hydrogen-bond donors (Lipinski definition) is 0. The Hall–Kier alpha value is -2.90. The van der Waals surface area contributed by atoms with E-state index >= 15 is 0 Å². The van der Waals surface area contributed by atoms with E-state index in [1.807, 2.05) is 12.1 Å². The minimum atomic E-state index is -0.729. The zero-order valence-electron chi connectivity index (χ0n) is 15.7. The van der Waals surface area contributed by atoms with Crippen LogP contribution in [0.4, 0.5) is 0 Å². The van der Waals surface area contributed by atoms with Crippen molar-refractivity contribution < 1.29 is 13.9 Å². The Morgan fingerprint density at radius 2 is 2.10 bits per heavy atom. The van der Waals surface area contributed by atoms with Crippen LogP contribution in [0, 0.1) is 0 Å². The number of carbonyl (C=O) groups excluding carboxylic acids is 1. The predicted molar refractivity (Wildman–Crippen MR) is 111 cm³/mol. The molecule has 1 aliphatic heterocycles. The second kappa shape index (κ2) is 7.85. The zero-order valence-corrected chi connectivity index (χ0v) is 17.3. The number of nitrogens with zero attached hydrogens (tertiary/aromatic N) is 2. The van der Waals surface area contributed by atoms with Crippen molar-refractivity contribution in [3.63, 3.8) is 0 Å². The molecule has 29 heavy (non-hydrogen) atoms. The average molecular weight is 429 g/mol. The molecule has 0 fully saturated rings. The zero-order chi connectivity index (χ0) is 20.5. The van der Waals surface area contributed by atoms with Crippen molar-refractivity contribution in [2.75, 3.05) is 6.61 Å². The maximum atomic E-state index is 13.3. The number of halogens is 1. The van der Waals surface area contributed by atoms with E-state index in [-0.39, 0.29) is 12.2 Å². The van der Waals surface area contributed by atoms with E-state index in [9.17, 15) is 9.59 Å². The molecule has 2 aromatic heterocycles. The van der Waals surface area contributed by atoms with Gasteiger partial charge >= 0.3 is 5.97 Å². The molecule has 0 N–H and O–H groups in total. The fraction of sp³-hybridized carbons (Fsp3) is 0.190. The van der Waals surface area contributed by atoms with Crippen molar-refractivity contribution >= 4 is 35.0 Å². The third kappa shape index (κ3) is 3.59. The molecular formula is C21H17ClN2O4S. The van der Waals surface area contributed by atoms with Gasteiger partial charge in [0.25, 0.3) is 5.56 Å². The van der Waals surface area contributed by atoms with Gasteiger partial charge in [0.05, 0.1) is 28.7 Å². The summed E-state index contributed by atoms with van der Waals surface area (Å²) in [5.74, 6) is -0.0383. The first-order valence-electron chi connectivity index (χ1n) is 8.98. The quantitative estimate of drug-likeness (QED) is 0.599. The maximum absolute atomic E-state index is 13.3. The molecule has 3 heterocycles. The highest BCUT2D eigenvalue weighted by Gasteiger charge is 2.34. The van der Waals surface area contributed by atoms with E-state index in [0.29, 0.717) is 31.4 Å². The molecule has 6 nitrogen and oxygen atoms in total. The van der Waals surface area contributed by atoms with Gasteiger partial charge in [-0.2, -0.15) is 0 Å². The third-order valence-electron chi connectivity index (χ3n) is 4.50. The van der Waals surface area contributed by atoms with Crippen molar-refractivity contribution in [2.45, 2.75) is 19.9 Å². The first kappa shape index (κ1) is 19.4. The van der Waals surface area contributed by atoms with Crippen LogP contribution in [0.5, 0.6) is 0 Å². The minimum Gasteiger partial charge on any atom is -0.467 e. The Labute approximate surface area is 175 Å². The molecule has 1 aliphatic rings. The van der Waals surface area contributed by atoms with Crippen molar-refractivity contribution in [3.05, 3.63) is 90.0 Å². The van der Waals surface area contributed by atoms with E-state index in [2.05, 4.69) is 4.99 Å². The lowest BCUT2D eigenvalue weighted by molar-refractivity contribution is -0.139. The summed E-state index contributed by atoms with van der Waals surface area (Å²) in [6.07, 6.45) is 3.29. The van der Waals surface area contributed by atoms with E-state index in [4.69, 9.17) is 20.8 Å². The van der Waals surface area contributed by atoms with Gasteiger partial charge < -0.3 is 9.15 Å². The van der Waals surface area contributed by atoms with Crippen molar-refractivity contribution in [1.82, 2.24) is 4.57 Å². The number of carbonyl (C=O) groups is 1. The van der Waals surface area contributed by atoms with Crippen LogP contribution in [0.1, 0.15) is 31.2 Å². The molecule has 3 aromatic rings. The predicted octanol–water partition coefficient (Wildman–Crippen LogP) is 3.04. The smallest absolute Gasteiger partial charge is 0.338 e. The highest BCUT2D eigenvalue weighted by atomic mass is 35.5. The van der Waals surface area contributed by atoms with Crippen LogP contribution in [0.15, 0.2) is 68.1 Å². The fourth-order valence-corrected chi connectivity index (χ4v) is 4.39. The van der Waals surface area contributed by atoms with Gasteiger partial charge in [0.2, 0.25) is 0 Å². The molecule has 0 spiro atoms. The summed E-state index contributed by atoms with van der Waals surface area (Å²) in [7, 11) is 0. The van der Waals surface area contributed by atoms with Gasteiger partial charge in [-0.3, -0.25) is 9.36 Å². The van der Waals surface area contributed by atoms with Crippen LogP contribution in [0.25, 0.3) is 6.08 Å². The molecule has 4 rings (SSSR count). The lowest BCUT2D eigenvalue weighted by atomic mass is 10.0. The second-order valence-corrected chi connectivity index (χ2v) is 7.81. The molecule has 0 radical (unpaired) electrons. The highest BCUT2D eigenvalue weighted by molar-refractivity contribution is 7.07. The summed E-state index contributed by atoms with van der Waals surface area (Å²) in [5, 5.41) is 0.621. The monoisotopic (exact) mass is 428 g/mol. The van der Waals surface area contributed by atoms with Crippen molar-refractivity contribution in [2.24, 2.45) is 4.99 Å². The summed E-state index contributed by atoms with van der Waals surface area (Å²) in [6, 6.07) is 9.92. The van der Waals surface area contributed by atoms with Crippen LogP contribution < -0.4 is 14.9 Å². The number of rotatable bonds is 4. The molecule has 0 bridgehead atoms. The van der Waals surface area contributed by atoms with Gasteiger partial charge in [0.15, 0.2) is 4.80 Å². The number of aromatic nitrogens is 1. The van der Waals surface area contributed by atoms with E-state index < -0.39 is 12.0 Å². The molecule has 0 aliphatic carbocycles. The second-order valence-electron chi connectivity index (χ2n) is 6.37. The van der Waals surface area contributed by atoms with Gasteiger partial charge in [-0.1, -0.05) is 35.1 Å². The Balaban J connectivity index is 1.93. The molecule has 1 atom stereocenters. The number of benzene rings is 1. The number of allylic oxidation sites excluding steroid dienone is 1. The number of furan rings is 1. The van der Waals surface area contributed by atoms with Crippen LogP contribution >= 0.6 is 22.9 Å². The topological polar surface area (TPSA) is 73.8 Å². The largest absolute Gasteiger partial charge is 0.467 e. The summed E-state index contributed by atoms with van der Waals surface area (Å²) < 4.78 is 12.8. The van der Waals surface area contributed by atoms with E-state index in [1.54, 1.807) is 44.2 Å². The summed E-state index contributed by atoms with van der Waals surface area (Å²) in [5.41, 5.74) is 1.39. The fourth-order valence-electron chi connectivity index (χ4n) is 3.22. The Kier molecular flexibility index (Phi) is 5.25. The maximum Gasteiger partial charge on any atom is 0.338 e. The normalized spacial score (nSPS) is 16.5. The summed E-state index contributed by atoms with van der Waals surface area (Å²) >= 11 is 7.20. The molecule has 0 saturated heterocycles. The first-order chi connectivity index (χ1) is 14.0. The first-order valence-corrected chi connectivity index (χ1v) is 10.2. The number of thiazole rings is 1. The van der Waals surface area contributed by atoms with Gasteiger partial charge in [0, 0.05) is 5.02 Å². The van der Waals surface area contributed by atoms with Crippen LogP contribution in [-0.2, 0) is 9.53 Å². The van der Waals surface area contributed by atoms with E-state index in [0.717, 1.165) is 5.56 Å². The average Bonchev–Trinajstić information content (AvgIpc) is 3.32. The Bertz CT molecular complexity index is 1270. The van der Waals surface area contributed by atoms with Crippen LogP contribution in [-0.4, -0.2) is 17.1 Å². The lowest BCUT2D eigenvalue weighted by Crippen LogP contribution is -2.39. The number of esters is 1.